The lowest BCUT2D eigenvalue weighted by molar-refractivity contribution is -0.115. The summed E-state index contributed by atoms with van der Waals surface area (Å²) in [6, 6.07) is 21.9. The van der Waals surface area contributed by atoms with Crippen LogP contribution in [-0.4, -0.2) is 34.9 Å². The van der Waals surface area contributed by atoms with Crippen LogP contribution in [0.2, 0.25) is 0 Å². The number of aromatic nitrogens is 2. The number of hydrogen-bond donors (Lipinski definition) is 1. The zero-order valence-electron chi connectivity index (χ0n) is 19.1. The molecule has 0 aliphatic carbocycles. The Morgan fingerprint density at radius 1 is 1.00 bits per heavy atom. The van der Waals surface area contributed by atoms with E-state index in [0.29, 0.717) is 34.0 Å². The number of rotatable bonds is 8. The van der Waals surface area contributed by atoms with Gasteiger partial charge in [0.05, 0.1) is 36.9 Å². The number of carbonyl (C=O) groups excluding carboxylic acids is 1. The number of nitrogens with one attached hydrogen (secondary N) is 1. The predicted molar refractivity (Wildman–Crippen MR) is 135 cm³/mol. The van der Waals surface area contributed by atoms with Crippen molar-refractivity contribution in [3.05, 3.63) is 88.7 Å². The topological polar surface area (TPSA) is 82.4 Å². The lowest BCUT2D eigenvalue weighted by Gasteiger charge is -2.17. The van der Waals surface area contributed by atoms with Gasteiger partial charge in [-0.2, -0.15) is 0 Å². The molecule has 34 heavy (non-hydrogen) atoms. The average Bonchev–Trinajstić information content (AvgIpc) is 2.86. The largest absolute Gasteiger partial charge is 0.497 e. The summed E-state index contributed by atoms with van der Waals surface area (Å²) in [4.78, 5) is 31.0. The number of nitrogens with zero attached hydrogens (tertiary/aromatic N) is 2. The van der Waals surface area contributed by atoms with Gasteiger partial charge in [-0.25, -0.2) is 4.98 Å². The Balaban J connectivity index is 1.63. The van der Waals surface area contributed by atoms with Crippen LogP contribution in [0.3, 0.4) is 0 Å². The van der Waals surface area contributed by atoms with Crippen molar-refractivity contribution in [3.63, 3.8) is 0 Å². The van der Waals surface area contributed by atoms with Crippen molar-refractivity contribution >= 4 is 34.3 Å². The van der Waals surface area contributed by atoms with E-state index < -0.39 is 5.25 Å². The SMILES string of the molecule is COc1ccc(Cn2c(S[C@@H](C)C(=O)Nc3cccc(OC)c3)nc3ccccc3c2=O)cc1. The van der Waals surface area contributed by atoms with Gasteiger partial charge in [0.2, 0.25) is 5.91 Å². The van der Waals surface area contributed by atoms with Gasteiger partial charge in [-0.3, -0.25) is 14.2 Å². The number of para-hydroxylation sites is 1. The summed E-state index contributed by atoms with van der Waals surface area (Å²) >= 11 is 1.25. The predicted octanol–water partition coefficient (Wildman–Crippen LogP) is 4.58. The average molecular weight is 476 g/mol. The van der Waals surface area contributed by atoms with Gasteiger partial charge in [-0.05, 0) is 48.9 Å². The number of carbonyl (C=O) groups is 1. The summed E-state index contributed by atoms with van der Waals surface area (Å²) in [5.41, 5.74) is 2.01. The minimum atomic E-state index is -0.499. The summed E-state index contributed by atoms with van der Waals surface area (Å²) < 4.78 is 12.1. The van der Waals surface area contributed by atoms with Gasteiger partial charge in [-0.15, -0.1) is 0 Å². The molecule has 0 radical (unpaired) electrons. The van der Waals surface area contributed by atoms with Crippen LogP contribution in [0, 0.1) is 0 Å². The highest BCUT2D eigenvalue weighted by molar-refractivity contribution is 8.00. The van der Waals surface area contributed by atoms with Gasteiger partial charge in [0.15, 0.2) is 5.16 Å². The van der Waals surface area contributed by atoms with Gasteiger partial charge in [0, 0.05) is 11.8 Å². The maximum atomic E-state index is 13.4. The molecule has 7 nitrogen and oxygen atoms in total. The fraction of sp³-hybridized carbons (Fsp3) is 0.192. The zero-order chi connectivity index (χ0) is 24.1. The highest BCUT2D eigenvalue weighted by Crippen LogP contribution is 2.25. The van der Waals surface area contributed by atoms with Crippen molar-refractivity contribution in [3.8, 4) is 11.5 Å². The minimum Gasteiger partial charge on any atom is -0.497 e. The van der Waals surface area contributed by atoms with E-state index in [-0.39, 0.29) is 11.5 Å². The van der Waals surface area contributed by atoms with E-state index in [2.05, 4.69) is 5.32 Å². The van der Waals surface area contributed by atoms with Crippen molar-refractivity contribution in [2.75, 3.05) is 19.5 Å². The molecule has 0 unspecified atom stereocenters. The molecule has 1 atom stereocenters. The number of hydrogen-bond acceptors (Lipinski definition) is 6. The molecule has 1 amide bonds. The van der Waals surface area contributed by atoms with Crippen molar-refractivity contribution in [1.82, 2.24) is 9.55 Å². The molecule has 4 rings (SSSR count). The second kappa shape index (κ2) is 10.4. The Labute approximate surface area is 201 Å². The number of thioether (sulfide) groups is 1. The van der Waals surface area contributed by atoms with E-state index in [1.54, 1.807) is 50.0 Å². The zero-order valence-corrected chi connectivity index (χ0v) is 20.0. The van der Waals surface area contributed by atoms with E-state index in [9.17, 15) is 9.59 Å². The third-order valence-electron chi connectivity index (χ3n) is 5.32. The maximum absolute atomic E-state index is 13.4. The smallest absolute Gasteiger partial charge is 0.262 e. The first-order valence-electron chi connectivity index (χ1n) is 10.7. The highest BCUT2D eigenvalue weighted by atomic mass is 32.2. The molecule has 1 N–H and O–H groups in total. The van der Waals surface area contributed by atoms with Crippen molar-refractivity contribution in [2.45, 2.75) is 23.9 Å². The van der Waals surface area contributed by atoms with Gasteiger partial charge in [-0.1, -0.05) is 42.1 Å². The van der Waals surface area contributed by atoms with Crippen LogP contribution in [0.5, 0.6) is 11.5 Å². The molecular weight excluding hydrogens is 450 g/mol. The lowest BCUT2D eigenvalue weighted by Crippen LogP contribution is -2.27. The first-order chi connectivity index (χ1) is 16.5. The molecule has 0 saturated carbocycles. The Morgan fingerprint density at radius 3 is 2.47 bits per heavy atom. The van der Waals surface area contributed by atoms with E-state index in [4.69, 9.17) is 14.5 Å². The Kier molecular flexibility index (Phi) is 7.18. The molecule has 4 aromatic rings. The number of fused-ring (bicyclic) bond motifs is 1. The number of methoxy groups -OCH3 is 2. The van der Waals surface area contributed by atoms with E-state index >= 15 is 0 Å². The van der Waals surface area contributed by atoms with Gasteiger partial charge >= 0.3 is 0 Å². The van der Waals surface area contributed by atoms with Crippen LogP contribution in [-0.2, 0) is 11.3 Å². The molecule has 1 heterocycles. The van der Waals surface area contributed by atoms with Crippen molar-refractivity contribution in [2.24, 2.45) is 0 Å². The molecule has 174 valence electrons. The molecule has 0 bridgehead atoms. The second-order valence-electron chi connectivity index (χ2n) is 7.63. The van der Waals surface area contributed by atoms with Gasteiger partial charge < -0.3 is 14.8 Å². The third kappa shape index (κ3) is 5.23. The molecule has 8 heteroatoms. The third-order valence-corrected chi connectivity index (χ3v) is 6.41. The van der Waals surface area contributed by atoms with Crippen LogP contribution in [0.15, 0.2) is 82.7 Å². The number of anilines is 1. The first-order valence-corrected chi connectivity index (χ1v) is 11.6. The summed E-state index contributed by atoms with van der Waals surface area (Å²) in [7, 11) is 3.19. The first kappa shape index (κ1) is 23.4. The Hall–Kier alpha value is -3.78. The molecular formula is C26H25N3O4S. The monoisotopic (exact) mass is 475 g/mol. The summed E-state index contributed by atoms with van der Waals surface area (Å²) in [5.74, 6) is 1.20. The van der Waals surface area contributed by atoms with E-state index in [1.165, 1.54) is 11.8 Å². The van der Waals surface area contributed by atoms with Crippen molar-refractivity contribution in [1.29, 1.82) is 0 Å². The van der Waals surface area contributed by atoms with Gasteiger partial charge in [0.1, 0.15) is 11.5 Å². The van der Waals surface area contributed by atoms with E-state index in [0.717, 1.165) is 11.3 Å². The molecule has 0 aliphatic rings. The minimum absolute atomic E-state index is 0.149. The molecule has 3 aromatic carbocycles. The Bertz CT molecular complexity index is 1370. The second-order valence-corrected chi connectivity index (χ2v) is 8.94. The van der Waals surface area contributed by atoms with Crippen LogP contribution in [0.1, 0.15) is 12.5 Å². The van der Waals surface area contributed by atoms with Crippen LogP contribution in [0.4, 0.5) is 5.69 Å². The van der Waals surface area contributed by atoms with Crippen molar-refractivity contribution < 1.29 is 14.3 Å². The lowest BCUT2D eigenvalue weighted by atomic mass is 10.2. The molecule has 0 fully saturated rings. The van der Waals surface area contributed by atoms with E-state index in [1.807, 2.05) is 48.5 Å². The normalized spacial score (nSPS) is 11.7. The maximum Gasteiger partial charge on any atom is 0.262 e. The highest BCUT2D eigenvalue weighted by Gasteiger charge is 2.20. The number of ether oxygens (including phenoxy) is 2. The fourth-order valence-corrected chi connectivity index (χ4v) is 4.35. The molecule has 0 saturated heterocycles. The van der Waals surface area contributed by atoms with Crippen LogP contribution >= 0.6 is 11.8 Å². The molecule has 0 spiro atoms. The fourth-order valence-electron chi connectivity index (χ4n) is 3.45. The van der Waals surface area contributed by atoms with Gasteiger partial charge in [0.25, 0.3) is 5.56 Å². The standard InChI is InChI=1S/C26H25N3O4S/c1-17(24(30)27-19-7-6-8-21(15-19)33-3)34-26-28-23-10-5-4-9-22(23)25(31)29(26)16-18-11-13-20(32-2)14-12-18/h4-15,17H,16H2,1-3H3,(H,27,30)/t17-/m0/s1. The quantitative estimate of drug-likeness (QED) is 0.297. The summed E-state index contributed by atoms with van der Waals surface area (Å²) in [6.45, 7) is 2.12. The summed E-state index contributed by atoms with van der Waals surface area (Å²) in [6.07, 6.45) is 0. The Morgan fingerprint density at radius 2 is 1.74 bits per heavy atom. The number of benzene rings is 3. The molecule has 0 aliphatic heterocycles. The number of amides is 1. The van der Waals surface area contributed by atoms with Crippen LogP contribution < -0.4 is 20.3 Å². The molecule has 1 aromatic heterocycles. The summed E-state index contributed by atoms with van der Waals surface area (Å²) in [5, 5.41) is 3.42. The van der Waals surface area contributed by atoms with Crippen LogP contribution in [0.25, 0.3) is 10.9 Å².